The first-order chi connectivity index (χ1) is 9.76. The van der Waals surface area contributed by atoms with Crippen molar-refractivity contribution in [2.75, 3.05) is 18.4 Å². The number of hydrogen-bond acceptors (Lipinski definition) is 4. The highest BCUT2D eigenvalue weighted by atomic mass is 16.6. The number of amides is 2. The molecule has 0 unspecified atom stereocenters. The summed E-state index contributed by atoms with van der Waals surface area (Å²) < 4.78 is 5.12. The van der Waals surface area contributed by atoms with Crippen molar-refractivity contribution < 1.29 is 19.4 Å². The zero-order valence-electron chi connectivity index (χ0n) is 12.5. The van der Waals surface area contributed by atoms with Crippen molar-refractivity contribution in [2.45, 2.75) is 32.8 Å². The van der Waals surface area contributed by atoms with Crippen LogP contribution in [0.5, 0.6) is 5.75 Å². The summed E-state index contributed by atoms with van der Waals surface area (Å²) in [5.41, 5.74) is 0.0193. The van der Waals surface area contributed by atoms with Gasteiger partial charge in [0.15, 0.2) is 0 Å². The van der Waals surface area contributed by atoms with Gasteiger partial charge in [-0.25, -0.2) is 4.79 Å². The van der Waals surface area contributed by atoms with Gasteiger partial charge in [-0.1, -0.05) is 0 Å². The minimum Gasteiger partial charge on any atom is -0.507 e. The maximum Gasteiger partial charge on any atom is 0.412 e. The number of ether oxygens (including phenoxy) is 1. The summed E-state index contributed by atoms with van der Waals surface area (Å²) in [4.78, 5) is 25.3. The van der Waals surface area contributed by atoms with Gasteiger partial charge in [0, 0.05) is 24.8 Å². The fraction of sp³-hybridized carbons (Fsp3) is 0.467. The number of nitrogens with one attached hydrogen (secondary N) is 1. The summed E-state index contributed by atoms with van der Waals surface area (Å²) in [5, 5.41) is 12.5. The van der Waals surface area contributed by atoms with Crippen LogP contribution in [-0.2, 0) is 4.74 Å². The van der Waals surface area contributed by atoms with Crippen molar-refractivity contribution in [3.8, 4) is 5.75 Å². The number of anilines is 1. The standard InChI is InChI=1S/C15H20N2O4/c1-15(2,3)21-14(20)16-10-5-6-11(12(18)9-10)13(19)17-7-4-8-17/h5-6,9,18H,4,7-8H2,1-3H3,(H,16,20). The van der Waals surface area contributed by atoms with Crippen LogP contribution in [0.1, 0.15) is 37.6 Å². The number of carbonyl (C=O) groups is 2. The second-order valence-corrected chi connectivity index (χ2v) is 6.00. The lowest BCUT2D eigenvalue weighted by Crippen LogP contribution is -2.42. The van der Waals surface area contributed by atoms with E-state index in [-0.39, 0.29) is 17.2 Å². The smallest absolute Gasteiger partial charge is 0.412 e. The van der Waals surface area contributed by atoms with Gasteiger partial charge in [0.05, 0.1) is 5.56 Å². The molecule has 1 aliphatic heterocycles. The zero-order valence-corrected chi connectivity index (χ0v) is 12.5. The van der Waals surface area contributed by atoms with E-state index in [1.165, 1.54) is 12.1 Å². The first-order valence-electron chi connectivity index (χ1n) is 6.88. The van der Waals surface area contributed by atoms with Crippen LogP contribution >= 0.6 is 0 Å². The fourth-order valence-corrected chi connectivity index (χ4v) is 1.90. The van der Waals surface area contributed by atoms with E-state index in [1.54, 1.807) is 31.7 Å². The van der Waals surface area contributed by atoms with Crippen LogP contribution in [0, 0.1) is 0 Å². The van der Waals surface area contributed by atoms with Crippen molar-refractivity contribution >= 4 is 17.7 Å². The van der Waals surface area contributed by atoms with Gasteiger partial charge in [-0.2, -0.15) is 0 Å². The molecule has 1 aromatic rings. The van der Waals surface area contributed by atoms with E-state index in [0.717, 1.165) is 19.5 Å². The molecule has 114 valence electrons. The van der Waals surface area contributed by atoms with Crippen molar-refractivity contribution in [2.24, 2.45) is 0 Å². The molecule has 0 spiro atoms. The Hall–Kier alpha value is -2.24. The third kappa shape index (κ3) is 3.87. The molecule has 2 N–H and O–H groups in total. The maximum atomic E-state index is 12.0. The summed E-state index contributed by atoms with van der Waals surface area (Å²) in [5.74, 6) is -0.344. The van der Waals surface area contributed by atoms with Gasteiger partial charge in [-0.3, -0.25) is 10.1 Å². The highest BCUT2D eigenvalue weighted by molar-refractivity contribution is 5.98. The third-order valence-electron chi connectivity index (χ3n) is 3.02. The predicted molar refractivity (Wildman–Crippen MR) is 78.5 cm³/mol. The zero-order chi connectivity index (χ0) is 15.6. The lowest BCUT2D eigenvalue weighted by atomic mass is 10.1. The Morgan fingerprint density at radius 1 is 1.29 bits per heavy atom. The third-order valence-corrected chi connectivity index (χ3v) is 3.02. The molecule has 0 aromatic heterocycles. The highest BCUT2D eigenvalue weighted by Crippen LogP contribution is 2.25. The normalized spacial score (nSPS) is 14.3. The first-order valence-corrected chi connectivity index (χ1v) is 6.88. The molecule has 1 heterocycles. The Balaban J connectivity index is 2.05. The number of rotatable bonds is 2. The number of aromatic hydroxyl groups is 1. The van der Waals surface area contributed by atoms with Crippen LogP contribution in [-0.4, -0.2) is 40.7 Å². The Morgan fingerprint density at radius 2 is 1.95 bits per heavy atom. The topological polar surface area (TPSA) is 78.9 Å². The monoisotopic (exact) mass is 292 g/mol. The molecule has 2 rings (SSSR count). The number of hydrogen-bond donors (Lipinski definition) is 2. The number of benzene rings is 1. The number of phenols is 1. The average molecular weight is 292 g/mol. The number of nitrogens with zero attached hydrogens (tertiary/aromatic N) is 1. The molecule has 1 fully saturated rings. The van der Waals surface area contributed by atoms with Gasteiger partial charge in [0.1, 0.15) is 11.4 Å². The van der Waals surface area contributed by atoms with Crippen molar-refractivity contribution in [1.82, 2.24) is 4.90 Å². The van der Waals surface area contributed by atoms with Crippen LogP contribution in [0.3, 0.4) is 0 Å². The second kappa shape index (κ2) is 5.63. The lowest BCUT2D eigenvalue weighted by Gasteiger charge is -2.31. The predicted octanol–water partition coefficient (Wildman–Crippen LogP) is 2.59. The van der Waals surface area contributed by atoms with E-state index >= 15 is 0 Å². The number of likely N-dealkylation sites (tertiary alicyclic amines) is 1. The SMILES string of the molecule is CC(C)(C)OC(=O)Nc1ccc(C(=O)N2CCC2)c(O)c1. The molecule has 2 amide bonds. The summed E-state index contributed by atoms with van der Waals surface area (Å²) in [6.07, 6.45) is 0.383. The molecule has 6 heteroatoms. The van der Waals surface area contributed by atoms with E-state index in [1.807, 2.05) is 0 Å². The molecule has 1 saturated heterocycles. The largest absolute Gasteiger partial charge is 0.507 e. The van der Waals surface area contributed by atoms with Crippen LogP contribution in [0.15, 0.2) is 18.2 Å². The van der Waals surface area contributed by atoms with Gasteiger partial charge < -0.3 is 14.7 Å². The van der Waals surface area contributed by atoms with E-state index in [2.05, 4.69) is 5.32 Å². The van der Waals surface area contributed by atoms with Crippen LogP contribution < -0.4 is 5.32 Å². The van der Waals surface area contributed by atoms with E-state index < -0.39 is 11.7 Å². The molecule has 21 heavy (non-hydrogen) atoms. The minimum atomic E-state index is -0.608. The van der Waals surface area contributed by atoms with Crippen LogP contribution in [0.4, 0.5) is 10.5 Å². The van der Waals surface area contributed by atoms with Crippen molar-refractivity contribution in [3.05, 3.63) is 23.8 Å². The Kier molecular flexibility index (Phi) is 4.06. The molecule has 0 saturated carbocycles. The van der Waals surface area contributed by atoms with Gasteiger partial charge in [0.2, 0.25) is 0 Å². The summed E-state index contributed by atoms with van der Waals surface area (Å²) in [7, 11) is 0. The minimum absolute atomic E-state index is 0.152. The molecule has 0 atom stereocenters. The quantitative estimate of drug-likeness (QED) is 0.878. The molecule has 6 nitrogen and oxygen atoms in total. The molecule has 1 aromatic carbocycles. The Labute approximate surface area is 123 Å². The first kappa shape index (κ1) is 15.2. The van der Waals surface area contributed by atoms with Crippen LogP contribution in [0.2, 0.25) is 0 Å². The fourth-order valence-electron chi connectivity index (χ4n) is 1.90. The summed E-state index contributed by atoms with van der Waals surface area (Å²) in [6, 6.07) is 4.41. The van der Waals surface area contributed by atoms with Gasteiger partial charge in [0.25, 0.3) is 5.91 Å². The summed E-state index contributed by atoms with van der Waals surface area (Å²) >= 11 is 0. The molecule has 1 aliphatic rings. The van der Waals surface area contributed by atoms with Crippen LogP contribution in [0.25, 0.3) is 0 Å². The Bertz CT molecular complexity index is 559. The van der Waals surface area contributed by atoms with E-state index in [0.29, 0.717) is 5.69 Å². The van der Waals surface area contributed by atoms with Crippen molar-refractivity contribution in [1.29, 1.82) is 0 Å². The highest BCUT2D eigenvalue weighted by Gasteiger charge is 2.24. The van der Waals surface area contributed by atoms with Crippen molar-refractivity contribution in [3.63, 3.8) is 0 Å². The average Bonchev–Trinajstić information content (AvgIpc) is 2.23. The van der Waals surface area contributed by atoms with Gasteiger partial charge in [-0.05, 0) is 39.3 Å². The van der Waals surface area contributed by atoms with E-state index in [4.69, 9.17) is 4.74 Å². The number of phenolic OH excluding ortho intramolecular Hbond substituents is 1. The lowest BCUT2D eigenvalue weighted by molar-refractivity contribution is 0.0632. The molecule has 0 aliphatic carbocycles. The summed E-state index contributed by atoms with van der Waals surface area (Å²) in [6.45, 7) is 6.73. The second-order valence-electron chi connectivity index (χ2n) is 6.00. The molecule has 0 bridgehead atoms. The maximum absolute atomic E-state index is 12.0. The molecular formula is C15H20N2O4. The Morgan fingerprint density at radius 3 is 2.43 bits per heavy atom. The molecular weight excluding hydrogens is 272 g/mol. The number of carbonyl (C=O) groups excluding carboxylic acids is 2. The van der Waals surface area contributed by atoms with Gasteiger partial charge >= 0.3 is 6.09 Å². The van der Waals surface area contributed by atoms with Gasteiger partial charge in [-0.15, -0.1) is 0 Å². The molecule has 0 radical (unpaired) electrons. The van der Waals surface area contributed by atoms with E-state index in [9.17, 15) is 14.7 Å².